The Kier molecular flexibility index (Phi) is 4.81. The number of nitrogen functional groups attached to an aromatic ring is 1. The number of aromatic amines is 1. The lowest BCUT2D eigenvalue weighted by Crippen LogP contribution is -2.69. The quantitative estimate of drug-likeness (QED) is 0.518. The summed E-state index contributed by atoms with van der Waals surface area (Å²) >= 11 is 0. The molecule has 10 nitrogen and oxygen atoms in total. The summed E-state index contributed by atoms with van der Waals surface area (Å²) in [6, 6.07) is 2.35. The lowest BCUT2D eigenvalue weighted by atomic mass is 9.86. The van der Waals surface area contributed by atoms with Crippen LogP contribution < -0.4 is 11.5 Å². The molecule has 0 spiro atoms. The van der Waals surface area contributed by atoms with Gasteiger partial charge in [-0.3, -0.25) is 9.58 Å². The lowest BCUT2D eigenvalue weighted by Gasteiger charge is -2.54. The molecule has 5 heterocycles. The fourth-order valence-electron chi connectivity index (χ4n) is 4.93. The van der Waals surface area contributed by atoms with E-state index in [9.17, 15) is 8.42 Å². The smallest absolute Gasteiger partial charge is 0.211 e. The number of sulfonamides is 1. The van der Waals surface area contributed by atoms with Crippen molar-refractivity contribution in [1.29, 1.82) is 0 Å². The van der Waals surface area contributed by atoms with Crippen molar-refractivity contribution >= 4 is 26.7 Å². The summed E-state index contributed by atoms with van der Waals surface area (Å²) in [6.07, 6.45) is 10.3. The van der Waals surface area contributed by atoms with Crippen LogP contribution in [0.15, 0.2) is 30.9 Å². The SMILES string of the molecule is CS(=O)(=O)N1CCC(N2CC(CN)(n3cc(-c4c(N)cnc5[nH]ccc45)cn3)C2)CC1. The Balaban J connectivity index is 1.33. The van der Waals surface area contributed by atoms with Crippen LogP contribution in [0.2, 0.25) is 0 Å². The molecule has 2 aliphatic rings. The third kappa shape index (κ3) is 3.41. The van der Waals surface area contributed by atoms with Crippen molar-refractivity contribution < 1.29 is 8.42 Å². The summed E-state index contributed by atoms with van der Waals surface area (Å²) in [7, 11) is -3.11. The molecule has 2 fully saturated rings. The standard InChI is InChI=1S/C20H28N8O2S/c1-31(29,30)27-6-3-15(4-7-27)26-12-20(11-21,13-26)28-10-14(8-25-28)18-16-2-5-23-19(16)24-9-17(18)22/h2,5,8-10,15H,3-4,6-7,11-13,21-22H2,1H3,(H,23,24). The molecule has 31 heavy (non-hydrogen) atoms. The average Bonchev–Trinajstić information content (AvgIpc) is 3.37. The van der Waals surface area contributed by atoms with Gasteiger partial charge >= 0.3 is 0 Å². The normalized spacial score (nSPS) is 20.8. The van der Waals surface area contributed by atoms with E-state index in [2.05, 4.69) is 20.0 Å². The van der Waals surface area contributed by atoms with Crippen LogP contribution in [0.3, 0.4) is 0 Å². The summed E-state index contributed by atoms with van der Waals surface area (Å²) < 4.78 is 27.1. The molecule has 2 saturated heterocycles. The van der Waals surface area contributed by atoms with E-state index in [0.717, 1.165) is 48.1 Å². The van der Waals surface area contributed by atoms with Gasteiger partial charge in [-0.1, -0.05) is 0 Å². The molecule has 5 rings (SSSR count). The van der Waals surface area contributed by atoms with Crippen molar-refractivity contribution in [2.45, 2.75) is 24.4 Å². The maximum absolute atomic E-state index is 11.8. The van der Waals surface area contributed by atoms with Gasteiger partial charge in [0.05, 0.1) is 24.3 Å². The van der Waals surface area contributed by atoms with Gasteiger partial charge in [0, 0.05) is 67.7 Å². The van der Waals surface area contributed by atoms with Gasteiger partial charge in [0.15, 0.2) is 0 Å². The highest BCUT2D eigenvalue weighted by Gasteiger charge is 2.47. The van der Waals surface area contributed by atoms with Crippen molar-refractivity contribution in [3.63, 3.8) is 0 Å². The Morgan fingerprint density at radius 1 is 1.26 bits per heavy atom. The molecule has 0 aliphatic carbocycles. The molecule has 3 aromatic heterocycles. The maximum Gasteiger partial charge on any atom is 0.211 e. The van der Waals surface area contributed by atoms with Crippen molar-refractivity contribution in [3.05, 3.63) is 30.9 Å². The molecule has 5 N–H and O–H groups in total. The molecule has 2 aliphatic heterocycles. The van der Waals surface area contributed by atoms with E-state index < -0.39 is 10.0 Å². The van der Waals surface area contributed by atoms with Crippen LogP contribution in [0.4, 0.5) is 5.69 Å². The predicted octanol–water partition coefficient (Wildman–Crippen LogP) is 0.402. The number of nitrogens with zero attached hydrogens (tertiary/aromatic N) is 5. The Labute approximate surface area is 181 Å². The highest BCUT2D eigenvalue weighted by molar-refractivity contribution is 7.88. The third-order valence-corrected chi connectivity index (χ3v) is 8.06. The van der Waals surface area contributed by atoms with E-state index in [0.29, 0.717) is 31.4 Å². The number of piperidine rings is 1. The molecular formula is C20H28N8O2S. The van der Waals surface area contributed by atoms with Crippen LogP contribution in [0.5, 0.6) is 0 Å². The molecule has 0 amide bonds. The topological polar surface area (TPSA) is 139 Å². The van der Waals surface area contributed by atoms with Gasteiger partial charge in [0.25, 0.3) is 0 Å². The zero-order chi connectivity index (χ0) is 21.8. The molecule has 0 saturated carbocycles. The Hall–Kier alpha value is -2.47. The van der Waals surface area contributed by atoms with E-state index in [1.165, 1.54) is 6.26 Å². The molecule has 11 heteroatoms. The minimum absolute atomic E-state index is 0.259. The van der Waals surface area contributed by atoms with Gasteiger partial charge in [-0.05, 0) is 18.9 Å². The van der Waals surface area contributed by atoms with E-state index in [1.807, 2.05) is 29.3 Å². The predicted molar refractivity (Wildman–Crippen MR) is 120 cm³/mol. The zero-order valence-electron chi connectivity index (χ0n) is 17.5. The number of nitrogens with two attached hydrogens (primary N) is 2. The highest BCUT2D eigenvalue weighted by Crippen LogP contribution is 2.36. The number of aromatic nitrogens is 4. The molecule has 166 valence electrons. The van der Waals surface area contributed by atoms with Gasteiger partial charge in [-0.25, -0.2) is 17.7 Å². The van der Waals surface area contributed by atoms with Crippen LogP contribution in [-0.2, 0) is 15.6 Å². The fraction of sp³-hybridized carbons (Fsp3) is 0.500. The van der Waals surface area contributed by atoms with Crippen LogP contribution in [0.25, 0.3) is 22.2 Å². The van der Waals surface area contributed by atoms with Crippen molar-refractivity contribution in [2.24, 2.45) is 5.73 Å². The van der Waals surface area contributed by atoms with Gasteiger partial charge in [-0.15, -0.1) is 0 Å². The van der Waals surface area contributed by atoms with Gasteiger partial charge < -0.3 is 16.5 Å². The maximum atomic E-state index is 11.8. The minimum atomic E-state index is -3.11. The second-order valence-corrected chi connectivity index (χ2v) is 10.7. The van der Waals surface area contributed by atoms with Gasteiger partial charge in [-0.2, -0.15) is 5.10 Å². The summed E-state index contributed by atoms with van der Waals surface area (Å²) in [5, 5.41) is 5.62. The summed E-state index contributed by atoms with van der Waals surface area (Å²) in [6.45, 7) is 3.25. The Morgan fingerprint density at radius 2 is 2.00 bits per heavy atom. The third-order valence-electron chi connectivity index (χ3n) is 6.76. The average molecular weight is 445 g/mol. The molecule has 3 aromatic rings. The highest BCUT2D eigenvalue weighted by atomic mass is 32.2. The Bertz CT molecular complexity index is 1200. The van der Waals surface area contributed by atoms with E-state index in [-0.39, 0.29) is 5.54 Å². The molecule has 0 unspecified atom stereocenters. The van der Waals surface area contributed by atoms with Gasteiger partial charge in [0.1, 0.15) is 11.2 Å². The molecule has 0 atom stereocenters. The van der Waals surface area contributed by atoms with E-state index >= 15 is 0 Å². The van der Waals surface area contributed by atoms with Gasteiger partial charge in [0.2, 0.25) is 10.0 Å². The summed E-state index contributed by atoms with van der Waals surface area (Å²) in [5.41, 5.74) is 15.5. The molecule has 0 bridgehead atoms. The Morgan fingerprint density at radius 3 is 2.68 bits per heavy atom. The second-order valence-electron chi connectivity index (χ2n) is 8.73. The van der Waals surface area contributed by atoms with E-state index in [4.69, 9.17) is 11.5 Å². The van der Waals surface area contributed by atoms with Crippen molar-refractivity contribution in [2.75, 3.05) is 44.7 Å². The number of hydrogen-bond donors (Lipinski definition) is 3. The first-order valence-corrected chi connectivity index (χ1v) is 12.3. The number of rotatable bonds is 5. The molecule has 0 radical (unpaired) electrons. The largest absolute Gasteiger partial charge is 0.397 e. The molecule has 0 aromatic carbocycles. The zero-order valence-corrected chi connectivity index (χ0v) is 18.3. The number of nitrogens with one attached hydrogen (secondary N) is 1. The van der Waals surface area contributed by atoms with Crippen molar-refractivity contribution in [3.8, 4) is 11.1 Å². The lowest BCUT2D eigenvalue weighted by molar-refractivity contribution is -0.0353. The first-order chi connectivity index (χ1) is 14.8. The minimum Gasteiger partial charge on any atom is -0.397 e. The number of anilines is 1. The first-order valence-electron chi connectivity index (χ1n) is 10.5. The number of pyridine rings is 1. The monoisotopic (exact) mass is 444 g/mol. The number of H-pyrrole nitrogens is 1. The van der Waals surface area contributed by atoms with Crippen LogP contribution in [-0.4, -0.2) is 82.4 Å². The van der Waals surface area contributed by atoms with E-state index in [1.54, 1.807) is 10.5 Å². The number of likely N-dealkylation sites (tertiary alicyclic amines) is 1. The second kappa shape index (κ2) is 7.30. The molecular weight excluding hydrogens is 416 g/mol. The summed E-state index contributed by atoms with van der Waals surface area (Å²) in [4.78, 5) is 9.85. The van der Waals surface area contributed by atoms with Crippen LogP contribution >= 0.6 is 0 Å². The summed E-state index contributed by atoms with van der Waals surface area (Å²) in [5.74, 6) is 0. The number of fused-ring (bicyclic) bond motifs is 1. The van der Waals surface area contributed by atoms with Crippen LogP contribution in [0.1, 0.15) is 12.8 Å². The van der Waals surface area contributed by atoms with Crippen LogP contribution in [0, 0.1) is 0 Å². The number of hydrogen-bond acceptors (Lipinski definition) is 7. The first kappa shape index (κ1) is 20.4. The fourth-order valence-corrected chi connectivity index (χ4v) is 5.81. The van der Waals surface area contributed by atoms with Crippen molar-refractivity contribution in [1.82, 2.24) is 29.0 Å².